The van der Waals surface area contributed by atoms with Crippen LogP contribution < -0.4 is 9.47 Å². The molecule has 1 heterocycles. The number of piperidine rings is 1. The van der Waals surface area contributed by atoms with Crippen molar-refractivity contribution in [2.75, 3.05) is 20.3 Å². The van der Waals surface area contributed by atoms with E-state index in [-0.39, 0.29) is 30.0 Å². The first-order valence-corrected chi connectivity index (χ1v) is 7.81. The molecule has 0 saturated carbocycles. The molecule has 0 aromatic heterocycles. The summed E-state index contributed by atoms with van der Waals surface area (Å²) in [5.74, 6) is 0.327. The first-order chi connectivity index (χ1) is 11.1. The number of carbonyl (C=O) groups excluding carboxylic acids is 1. The Balaban J connectivity index is 2.05. The first kappa shape index (κ1) is 17.1. The Hall–Kier alpha value is -2.31. The minimum atomic E-state index is -0.544. The predicted molar refractivity (Wildman–Crippen MR) is 84.8 cm³/mol. The van der Waals surface area contributed by atoms with E-state index < -0.39 is 4.92 Å². The van der Waals surface area contributed by atoms with Gasteiger partial charge in [0.05, 0.1) is 18.1 Å². The molecule has 0 radical (unpaired) electrons. The molecule has 1 unspecified atom stereocenters. The molecule has 1 saturated heterocycles. The van der Waals surface area contributed by atoms with E-state index >= 15 is 0 Å². The monoisotopic (exact) mass is 322 g/mol. The number of rotatable bonds is 6. The standard InChI is InChI=1S/C16H22N2O5/c1-3-12-6-4-5-9-17(12)16(19)11-23-15-8-7-13(22-2)10-14(15)18(20)21/h7-8,10,12H,3-6,9,11H2,1-2H3. The van der Waals surface area contributed by atoms with Crippen LogP contribution in [-0.2, 0) is 4.79 Å². The fourth-order valence-corrected chi connectivity index (χ4v) is 2.86. The summed E-state index contributed by atoms with van der Waals surface area (Å²) in [6.45, 7) is 2.60. The van der Waals surface area contributed by atoms with E-state index in [9.17, 15) is 14.9 Å². The predicted octanol–water partition coefficient (Wildman–Crippen LogP) is 2.77. The lowest BCUT2D eigenvalue weighted by Gasteiger charge is -2.35. The van der Waals surface area contributed by atoms with E-state index in [1.807, 2.05) is 4.90 Å². The van der Waals surface area contributed by atoms with Crippen molar-refractivity contribution >= 4 is 11.6 Å². The average molecular weight is 322 g/mol. The van der Waals surface area contributed by atoms with Gasteiger partial charge in [-0.05, 0) is 37.8 Å². The number of methoxy groups -OCH3 is 1. The summed E-state index contributed by atoms with van der Waals surface area (Å²) in [5.41, 5.74) is -0.206. The van der Waals surface area contributed by atoms with Crippen molar-refractivity contribution < 1.29 is 19.2 Å². The van der Waals surface area contributed by atoms with E-state index in [0.29, 0.717) is 5.75 Å². The number of nitro groups is 1. The molecule has 0 bridgehead atoms. The molecule has 23 heavy (non-hydrogen) atoms. The van der Waals surface area contributed by atoms with E-state index in [2.05, 4.69) is 6.92 Å². The van der Waals surface area contributed by atoms with Crippen LogP contribution in [0.15, 0.2) is 18.2 Å². The molecule has 1 aliphatic heterocycles. The third kappa shape index (κ3) is 4.12. The summed E-state index contributed by atoms with van der Waals surface area (Å²) in [6.07, 6.45) is 4.04. The number of carbonyl (C=O) groups is 1. The maximum absolute atomic E-state index is 12.4. The van der Waals surface area contributed by atoms with Gasteiger partial charge < -0.3 is 14.4 Å². The van der Waals surface area contributed by atoms with E-state index in [1.165, 1.54) is 19.2 Å². The van der Waals surface area contributed by atoms with Gasteiger partial charge in [0.2, 0.25) is 0 Å². The minimum Gasteiger partial charge on any atom is -0.496 e. The lowest BCUT2D eigenvalue weighted by molar-refractivity contribution is -0.385. The lowest BCUT2D eigenvalue weighted by atomic mass is 10.00. The Morgan fingerprint density at radius 2 is 2.22 bits per heavy atom. The fraction of sp³-hybridized carbons (Fsp3) is 0.562. The zero-order chi connectivity index (χ0) is 16.8. The zero-order valence-electron chi connectivity index (χ0n) is 13.5. The highest BCUT2D eigenvalue weighted by Gasteiger charge is 2.26. The van der Waals surface area contributed by atoms with Crippen molar-refractivity contribution in [2.45, 2.75) is 38.6 Å². The quantitative estimate of drug-likeness (QED) is 0.594. The van der Waals surface area contributed by atoms with Crippen LogP contribution in [0.4, 0.5) is 5.69 Å². The smallest absolute Gasteiger partial charge is 0.314 e. The molecule has 7 heteroatoms. The van der Waals surface area contributed by atoms with Crippen LogP contribution >= 0.6 is 0 Å². The summed E-state index contributed by atoms with van der Waals surface area (Å²) in [4.78, 5) is 24.7. The van der Waals surface area contributed by atoms with Gasteiger partial charge in [0.1, 0.15) is 5.75 Å². The summed E-state index contributed by atoms with van der Waals surface area (Å²) in [5, 5.41) is 11.1. The Labute approximate surface area is 135 Å². The number of hydrogen-bond donors (Lipinski definition) is 0. The zero-order valence-corrected chi connectivity index (χ0v) is 13.5. The molecule has 1 aliphatic rings. The molecule has 1 aromatic carbocycles. The van der Waals surface area contributed by atoms with Crippen LogP contribution in [0.3, 0.4) is 0 Å². The fourth-order valence-electron chi connectivity index (χ4n) is 2.86. The third-order valence-corrected chi connectivity index (χ3v) is 4.13. The topological polar surface area (TPSA) is 81.9 Å². The van der Waals surface area contributed by atoms with Crippen LogP contribution in [0.1, 0.15) is 32.6 Å². The molecular weight excluding hydrogens is 300 g/mol. The molecule has 126 valence electrons. The van der Waals surface area contributed by atoms with Crippen LogP contribution in [-0.4, -0.2) is 42.0 Å². The number of likely N-dealkylation sites (tertiary alicyclic amines) is 1. The Bertz CT molecular complexity index is 576. The lowest BCUT2D eigenvalue weighted by Crippen LogP contribution is -2.45. The van der Waals surface area contributed by atoms with Gasteiger partial charge in [0, 0.05) is 12.6 Å². The van der Waals surface area contributed by atoms with Gasteiger partial charge in [-0.25, -0.2) is 0 Å². The highest BCUT2D eigenvalue weighted by molar-refractivity contribution is 5.78. The summed E-state index contributed by atoms with van der Waals surface area (Å²) in [7, 11) is 1.43. The van der Waals surface area contributed by atoms with Crippen molar-refractivity contribution in [3.63, 3.8) is 0 Å². The highest BCUT2D eigenvalue weighted by atomic mass is 16.6. The van der Waals surface area contributed by atoms with Crippen molar-refractivity contribution in [2.24, 2.45) is 0 Å². The van der Waals surface area contributed by atoms with Gasteiger partial charge >= 0.3 is 5.69 Å². The number of amides is 1. The van der Waals surface area contributed by atoms with Crippen molar-refractivity contribution in [3.05, 3.63) is 28.3 Å². The second-order valence-corrected chi connectivity index (χ2v) is 5.52. The normalized spacial score (nSPS) is 17.7. The molecule has 0 N–H and O–H groups in total. The van der Waals surface area contributed by atoms with Gasteiger partial charge in [-0.1, -0.05) is 6.92 Å². The molecule has 0 aliphatic carbocycles. The van der Waals surface area contributed by atoms with Crippen molar-refractivity contribution in [3.8, 4) is 11.5 Å². The second kappa shape index (κ2) is 7.80. The maximum atomic E-state index is 12.4. The van der Waals surface area contributed by atoms with Crippen molar-refractivity contribution in [1.29, 1.82) is 0 Å². The second-order valence-electron chi connectivity index (χ2n) is 5.52. The molecular formula is C16H22N2O5. The minimum absolute atomic E-state index is 0.0780. The van der Waals surface area contributed by atoms with Gasteiger partial charge in [-0.3, -0.25) is 14.9 Å². The Morgan fingerprint density at radius 1 is 1.43 bits per heavy atom. The molecule has 7 nitrogen and oxygen atoms in total. The molecule has 2 rings (SSSR count). The molecule has 1 fully saturated rings. The number of nitro benzene ring substituents is 1. The van der Waals surface area contributed by atoms with Gasteiger partial charge in [0.25, 0.3) is 5.91 Å². The number of benzene rings is 1. The Morgan fingerprint density at radius 3 is 2.87 bits per heavy atom. The van der Waals surface area contributed by atoms with Gasteiger partial charge in [0.15, 0.2) is 12.4 Å². The van der Waals surface area contributed by atoms with E-state index in [0.717, 1.165) is 32.2 Å². The van der Waals surface area contributed by atoms with E-state index in [1.54, 1.807) is 6.07 Å². The Kier molecular flexibility index (Phi) is 5.78. The molecule has 1 atom stereocenters. The molecule has 0 spiro atoms. The number of hydrogen-bond acceptors (Lipinski definition) is 5. The maximum Gasteiger partial charge on any atom is 0.314 e. The average Bonchev–Trinajstić information content (AvgIpc) is 2.59. The number of nitrogens with zero attached hydrogens (tertiary/aromatic N) is 2. The summed E-state index contributed by atoms with van der Waals surface area (Å²) >= 11 is 0. The molecule has 1 amide bonds. The van der Waals surface area contributed by atoms with Gasteiger partial charge in [-0.2, -0.15) is 0 Å². The first-order valence-electron chi connectivity index (χ1n) is 7.81. The molecule has 1 aromatic rings. The van der Waals surface area contributed by atoms with E-state index in [4.69, 9.17) is 9.47 Å². The van der Waals surface area contributed by atoms with Gasteiger partial charge in [-0.15, -0.1) is 0 Å². The van der Waals surface area contributed by atoms with Crippen LogP contribution in [0, 0.1) is 10.1 Å². The van der Waals surface area contributed by atoms with Crippen LogP contribution in [0.5, 0.6) is 11.5 Å². The van der Waals surface area contributed by atoms with Crippen LogP contribution in [0.2, 0.25) is 0 Å². The largest absolute Gasteiger partial charge is 0.496 e. The SMILES string of the molecule is CCC1CCCCN1C(=O)COc1ccc(OC)cc1[N+](=O)[O-]. The summed E-state index contributed by atoms with van der Waals surface area (Å²) in [6, 6.07) is 4.56. The summed E-state index contributed by atoms with van der Waals surface area (Å²) < 4.78 is 10.4. The van der Waals surface area contributed by atoms with Crippen molar-refractivity contribution in [1.82, 2.24) is 4.90 Å². The third-order valence-electron chi connectivity index (χ3n) is 4.13. The number of ether oxygens (including phenoxy) is 2. The highest BCUT2D eigenvalue weighted by Crippen LogP contribution is 2.31. The van der Waals surface area contributed by atoms with Crippen LogP contribution in [0.25, 0.3) is 0 Å².